The smallest absolute Gasteiger partial charge is 0.301 e. The van der Waals surface area contributed by atoms with Gasteiger partial charge in [-0.1, -0.05) is 76.1 Å². The number of nitrogens with zero attached hydrogens (tertiary/aromatic N) is 3. The van der Waals surface area contributed by atoms with E-state index in [2.05, 4.69) is 10.2 Å². The molecule has 1 aliphatic heterocycles. The van der Waals surface area contributed by atoms with Crippen molar-refractivity contribution in [1.82, 2.24) is 10.2 Å². The highest BCUT2D eigenvalue weighted by atomic mass is 35.5. The summed E-state index contributed by atoms with van der Waals surface area (Å²) in [6.07, 6.45) is 0. The van der Waals surface area contributed by atoms with Gasteiger partial charge in [0.15, 0.2) is 4.34 Å². The van der Waals surface area contributed by atoms with E-state index in [1.54, 1.807) is 36.4 Å². The third-order valence-corrected chi connectivity index (χ3v) is 8.96. The maximum Gasteiger partial charge on any atom is 0.301 e. The van der Waals surface area contributed by atoms with E-state index in [1.165, 1.54) is 22.7 Å². The quantitative estimate of drug-likeness (QED) is 0.0696. The number of ketones is 1. The molecule has 5 rings (SSSR count). The molecule has 0 saturated carbocycles. The Morgan fingerprint density at radius 2 is 1.70 bits per heavy atom. The largest absolute Gasteiger partial charge is 0.507 e. The van der Waals surface area contributed by atoms with Crippen molar-refractivity contribution in [2.45, 2.75) is 23.1 Å². The average molecular weight is 633 g/mol. The summed E-state index contributed by atoms with van der Waals surface area (Å²) in [5, 5.41) is 21.2. The van der Waals surface area contributed by atoms with Crippen LogP contribution in [0.3, 0.4) is 0 Å². The Labute approximate surface area is 253 Å². The third kappa shape index (κ3) is 5.84. The molecule has 0 spiro atoms. The van der Waals surface area contributed by atoms with E-state index in [0.717, 1.165) is 16.9 Å². The van der Waals surface area contributed by atoms with Gasteiger partial charge in [0.05, 0.1) is 18.2 Å². The number of anilines is 1. The first-order valence-electron chi connectivity index (χ1n) is 12.0. The number of aliphatic hydroxyl groups excluding tert-OH is 1. The van der Waals surface area contributed by atoms with Crippen molar-refractivity contribution in [2.75, 3.05) is 11.5 Å². The van der Waals surface area contributed by atoms with Crippen LogP contribution < -0.4 is 9.64 Å². The molecule has 1 saturated heterocycles. The van der Waals surface area contributed by atoms with Crippen LogP contribution in [0.4, 0.5) is 5.13 Å². The third-order valence-electron chi connectivity index (χ3n) is 6.02. The van der Waals surface area contributed by atoms with Gasteiger partial charge in [0.1, 0.15) is 11.5 Å². The lowest BCUT2D eigenvalue weighted by Gasteiger charge is -2.23. The molecule has 1 fully saturated rings. The predicted molar refractivity (Wildman–Crippen MR) is 160 cm³/mol. The molecule has 1 amide bonds. The van der Waals surface area contributed by atoms with Crippen molar-refractivity contribution in [2.24, 2.45) is 0 Å². The number of Topliss-reactive ketones (excluding diaryl/α,β-unsaturated/α-hetero) is 1. The first-order valence-corrected chi connectivity index (χ1v) is 14.9. The molecule has 7 nitrogen and oxygen atoms in total. The van der Waals surface area contributed by atoms with Crippen molar-refractivity contribution in [3.63, 3.8) is 0 Å². The van der Waals surface area contributed by atoms with Crippen LogP contribution in [0.15, 0.2) is 76.6 Å². The van der Waals surface area contributed by atoms with Gasteiger partial charge in [0.2, 0.25) is 5.13 Å². The molecular formula is C28H20Cl3N3O4S2. The molecule has 1 unspecified atom stereocenters. The van der Waals surface area contributed by atoms with Crippen LogP contribution in [0.2, 0.25) is 15.1 Å². The maximum absolute atomic E-state index is 13.4. The fourth-order valence-electron chi connectivity index (χ4n) is 4.16. The van der Waals surface area contributed by atoms with Gasteiger partial charge in [-0.25, -0.2) is 0 Å². The molecule has 12 heteroatoms. The molecule has 1 aliphatic rings. The summed E-state index contributed by atoms with van der Waals surface area (Å²) in [5.41, 5.74) is 1.66. The van der Waals surface area contributed by atoms with E-state index in [4.69, 9.17) is 39.5 Å². The molecule has 1 aromatic heterocycles. The number of amides is 1. The van der Waals surface area contributed by atoms with E-state index in [1.807, 2.05) is 31.2 Å². The van der Waals surface area contributed by atoms with Crippen molar-refractivity contribution >= 4 is 80.5 Å². The lowest BCUT2D eigenvalue weighted by Crippen LogP contribution is -2.29. The molecule has 0 bridgehead atoms. The van der Waals surface area contributed by atoms with E-state index >= 15 is 0 Å². The number of carbonyl (C=O) groups excluding carboxylic acids is 2. The number of carbonyl (C=O) groups is 2. The molecule has 1 N–H and O–H groups in total. The topological polar surface area (TPSA) is 92.6 Å². The second-order valence-corrected chi connectivity index (χ2v) is 12.0. The molecular weight excluding hydrogens is 613 g/mol. The number of aromatic nitrogens is 2. The van der Waals surface area contributed by atoms with Crippen LogP contribution in [0, 0.1) is 0 Å². The minimum absolute atomic E-state index is 0.121. The monoisotopic (exact) mass is 631 g/mol. The number of aliphatic hydroxyl groups is 1. The maximum atomic E-state index is 13.4. The van der Waals surface area contributed by atoms with E-state index < -0.39 is 17.7 Å². The van der Waals surface area contributed by atoms with E-state index in [0.29, 0.717) is 43.6 Å². The van der Waals surface area contributed by atoms with Crippen LogP contribution in [0.1, 0.15) is 29.7 Å². The number of ether oxygens (including phenoxy) is 1. The SMILES string of the molecule is CCOc1ccc(/C(O)=C2/C(=O)C(=O)N(c3nnc(SCc4ccc(Cl)cc4)s3)C2c2ccc(Cl)cc2Cl)cc1. The fourth-order valence-corrected chi connectivity index (χ4v) is 6.62. The zero-order valence-electron chi connectivity index (χ0n) is 20.8. The summed E-state index contributed by atoms with van der Waals surface area (Å²) >= 11 is 21.3. The normalized spacial score (nSPS) is 16.5. The molecule has 1 atom stereocenters. The Bertz CT molecular complexity index is 1610. The number of rotatable bonds is 8. The lowest BCUT2D eigenvalue weighted by atomic mass is 9.95. The van der Waals surface area contributed by atoms with Crippen molar-refractivity contribution in [3.05, 3.63) is 104 Å². The highest BCUT2D eigenvalue weighted by Gasteiger charge is 2.49. The zero-order valence-corrected chi connectivity index (χ0v) is 24.7. The fraction of sp³-hybridized carbons (Fsp3) is 0.143. The summed E-state index contributed by atoms with van der Waals surface area (Å²) in [4.78, 5) is 28.1. The first-order chi connectivity index (χ1) is 19.3. The van der Waals surface area contributed by atoms with E-state index in [9.17, 15) is 14.7 Å². The van der Waals surface area contributed by atoms with Crippen molar-refractivity contribution < 1.29 is 19.4 Å². The number of hydrogen-bond acceptors (Lipinski definition) is 8. The number of halogens is 3. The standard InChI is InChI=1S/C28H20Cl3N3O4S2/c1-2-38-19-10-5-16(6-11-19)24(35)22-23(20-12-9-18(30)13-21(20)31)34(26(37)25(22)36)27-32-33-28(40-27)39-14-15-3-7-17(29)8-4-15/h3-13,23,35H,2,14H2,1H3/b24-22-. The summed E-state index contributed by atoms with van der Waals surface area (Å²) in [7, 11) is 0. The van der Waals surface area contributed by atoms with Crippen LogP contribution in [0.25, 0.3) is 5.76 Å². The first kappa shape index (κ1) is 28.4. The van der Waals surface area contributed by atoms with E-state index in [-0.39, 0.29) is 21.5 Å². The van der Waals surface area contributed by atoms with Crippen molar-refractivity contribution in [3.8, 4) is 5.75 Å². The predicted octanol–water partition coefficient (Wildman–Crippen LogP) is 7.82. The molecule has 3 aromatic carbocycles. The van der Waals surface area contributed by atoms with Crippen LogP contribution in [-0.2, 0) is 15.3 Å². The minimum Gasteiger partial charge on any atom is -0.507 e. The Balaban J connectivity index is 1.54. The molecule has 4 aromatic rings. The Kier molecular flexibility index (Phi) is 8.68. The second-order valence-electron chi connectivity index (χ2n) is 8.56. The van der Waals surface area contributed by atoms with Gasteiger partial charge in [0.25, 0.3) is 5.78 Å². The molecule has 0 radical (unpaired) electrons. The Hall–Kier alpha value is -3.08. The average Bonchev–Trinajstić information content (AvgIpc) is 3.50. The Morgan fingerprint density at radius 1 is 1.00 bits per heavy atom. The van der Waals surface area contributed by atoms with Crippen LogP contribution in [0.5, 0.6) is 5.75 Å². The summed E-state index contributed by atoms with van der Waals surface area (Å²) in [6.45, 7) is 2.34. The van der Waals surface area contributed by atoms with Gasteiger partial charge in [-0.05, 0) is 66.6 Å². The summed E-state index contributed by atoms with van der Waals surface area (Å²) in [6, 6.07) is 17.7. The molecule has 204 valence electrons. The van der Waals surface area contributed by atoms with Crippen LogP contribution in [-0.4, -0.2) is 33.6 Å². The number of thioether (sulfide) groups is 1. The number of benzene rings is 3. The summed E-state index contributed by atoms with van der Waals surface area (Å²) < 4.78 is 6.07. The van der Waals surface area contributed by atoms with Gasteiger partial charge in [-0.2, -0.15) is 0 Å². The highest BCUT2D eigenvalue weighted by Crippen LogP contribution is 2.46. The van der Waals surface area contributed by atoms with Gasteiger partial charge >= 0.3 is 5.91 Å². The molecule has 0 aliphatic carbocycles. The van der Waals surface area contributed by atoms with Gasteiger partial charge in [-0.3, -0.25) is 14.5 Å². The second kappa shape index (κ2) is 12.2. The highest BCUT2D eigenvalue weighted by molar-refractivity contribution is 8.00. The van der Waals surface area contributed by atoms with Crippen molar-refractivity contribution in [1.29, 1.82) is 0 Å². The van der Waals surface area contributed by atoms with Gasteiger partial charge < -0.3 is 9.84 Å². The number of hydrogen-bond donors (Lipinski definition) is 1. The zero-order chi connectivity index (χ0) is 28.4. The van der Waals surface area contributed by atoms with Crippen LogP contribution >= 0.6 is 57.9 Å². The van der Waals surface area contributed by atoms with Gasteiger partial charge in [-0.15, -0.1) is 10.2 Å². The minimum atomic E-state index is -1.06. The Morgan fingerprint density at radius 3 is 2.38 bits per heavy atom. The van der Waals surface area contributed by atoms with Gasteiger partial charge in [0, 0.05) is 26.4 Å². The molecule has 2 heterocycles. The summed E-state index contributed by atoms with van der Waals surface area (Å²) in [5.74, 6) is -0.854. The lowest BCUT2D eigenvalue weighted by molar-refractivity contribution is -0.132. The molecule has 40 heavy (non-hydrogen) atoms.